The molecule has 3 heterocycles. The molecule has 0 saturated heterocycles. The van der Waals surface area contributed by atoms with Crippen LogP contribution in [0.1, 0.15) is 21.5 Å². The van der Waals surface area contributed by atoms with E-state index in [1.807, 2.05) is 37.3 Å². The van der Waals surface area contributed by atoms with Gasteiger partial charge >= 0.3 is 6.18 Å². The number of amides is 1. The van der Waals surface area contributed by atoms with Crippen LogP contribution in [-0.4, -0.2) is 20.9 Å². The monoisotopic (exact) mass is 487 g/mol. The first-order valence-corrected chi connectivity index (χ1v) is 11.0. The summed E-state index contributed by atoms with van der Waals surface area (Å²) in [5, 5.41) is 6.99. The van der Waals surface area contributed by atoms with Gasteiger partial charge in [-0.05, 0) is 67.1 Å². The number of aromatic amines is 1. The van der Waals surface area contributed by atoms with Crippen molar-refractivity contribution in [3.63, 3.8) is 0 Å². The van der Waals surface area contributed by atoms with Gasteiger partial charge in [-0.1, -0.05) is 12.1 Å². The Morgan fingerprint density at radius 3 is 2.53 bits per heavy atom. The molecular formula is C27H20F3N5O. The Balaban J connectivity index is 1.44. The second-order valence-corrected chi connectivity index (χ2v) is 8.22. The van der Waals surface area contributed by atoms with E-state index in [-0.39, 0.29) is 5.56 Å². The van der Waals surface area contributed by atoms with Gasteiger partial charge in [-0.15, -0.1) is 0 Å². The molecule has 180 valence electrons. The smallest absolute Gasteiger partial charge is 0.355 e. The SMILES string of the molecule is Cc1ccc(NC(=O)c2cccc(C(F)(F)F)c2)cc1Nc1cc(-c2ccncc2)nc2[nH]ccc12. The van der Waals surface area contributed by atoms with E-state index in [1.54, 1.807) is 30.7 Å². The van der Waals surface area contributed by atoms with Crippen molar-refractivity contribution in [3.05, 3.63) is 102 Å². The maximum absolute atomic E-state index is 13.0. The molecule has 1 amide bonds. The molecule has 0 spiro atoms. The largest absolute Gasteiger partial charge is 0.416 e. The highest BCUT2D eigenvalue weighted by Gasteiger charge is 2.30. The van der Waals surface area contributed by atoms with Crippen molar-refractivity contribution in [2.24, 2.45) is 0 Å². The van der Waals surface area contributed by atoms with Gasteiger partial charge in [0.1, 0.15) is 5.65 Å². The summed E-state index contributed by atoms with van der Waals surface area (Å²) in [6.07, 6.45) is 0.672. The highest BCUT2D eigenvalue weighted by Crippen LogP contribution is 2.33. The summed E-state index contributed by atoms with van der Waals surface area (Å²) in [7, 11) is 0. The number of nitrogens with zero attached hydrogens (tertiary/aromatic N) is 2. The number of nitrogens with one attached hydrogen (secondary N) is 3. The van der Waals surface area contributed by atoms with Crippen LogP contribution in [0, 0.1) is 6.92 Å². The number of aromatic nitrogens is 3. The van der Waals surface area contributed by atoms with Crippen molar-refractivity contribution in [1.82, 2.24) is 15.0 Å². The van der Waals surface area contributed by atoms with Gasteiger partial charge in [0.05, 0.1) is 16.9 Å². The Morgan fingerprint density at radius 1 is 0.944 bits per heavy atom. The molecular weight excluding hydrogens is 467 g/mol. The Kier molecular flexibility index (Phi) is 5.89. The topological polar surface area (TPSA) is 82.7 Å². The van der Waals surface area contributed by atoms with E-state index in [0.29, 0.717) is 11.3 Å². The molecule has 5 rings (SSSR count). The van der Waals surface area contributed by atoms with Crippen LogP contribution in [0.5, 0.6) is 0 Å². The highest BCUT2D eigenvalue weighted by molar-refractivity contribution is 6.04. The number of H-pyrrole nitrogens is 1. The standard InChI is InChI=1S/C27H20F3N5O/c1-16-5-6-20(33-26(36)18-3-2-4-19(13-18)27(28,29)30)14-22(16)34-24-15-23(17-7-10-31-11-8-17)35-25-21(24)9-12-32-25/h2-15H,1H3,(H,33,36)(H2,32,34,35). The molecule has 0 aliphatic heterocycles. The second-order valence-electron chi connectivity index (χ2n) is 8.22. The number of hydrogen-bond acceptors (Lipinski definition) is 4. The number of carbonyl (C=O) groups excluding carboxylic acids is 1. The van der Waals surface area contributed by atoms with E-state index in [0.717, 1.165) is 45.7 Å². The Bertz CT molecular complexity index is 1560. The van der Waals surface area contributed by atoms with Gasteiger partial charge in [0.25, 0.3) is 5.91 Å². The molecule has 36 heavy (non-hydrogen) atoms. The lowest BCUT2D eigenvalue weighted by Gasteiger charge is -2.15. The van der Waals surface area contributed by atoms with Gasteiger partial charge in [0.15, 0.2) is 0 Å². The molecule has 0 radical (unpaired) electrons. The predicted molar refractivity (Wildman–Crippen MR) is 133 cm³/mol. The van der Waals surface area contributed by atoms with Crippen LogP contribution in [0.4, 0.5) is 30.2 Å². The molecule has 6 nitrogen and oxygen atoms in total. The quantitative estimate of drug-likeness (QED) is 0.251. The summed E-state index contributed by atoms with van der Waals surface area (Å²) in [5.74, 6) is -0.632. The Morgan fingerprint density at radius 2 is 1.75 bits per heavy atom. The highest BCUT2D eigenvalue weighted by atomic mass is 19.4. The molecule has 0 saturated carbocycles. The first kappa shape index (κ1) is 23.1. The van der Waals surface area contributed by atoms with Gasteiger partial charge in [0.2, 0.25) is 0 Å². The van der Waals surface area contributed by atoms with Crippen LogP contribution in [0.3, 0.4) is 0 Å². The van der Waals surface area contributed by atoms with Crippen LogP contribution >= 0.6 is 0 Å². The third-order valence-corrected chi connectivity index (χ3v) is 5.72. The van der Waals surface area contributed by atoms with E-state index < -0.39 is 17.6 Å². The zero-order valence-electron chi connectivity index (χ0n) is 19.0. The van der Waals surface area contributed by atoms with Crippen molar-refractivity contribution >= 4 is 34.0 Å². The van der Waals surface area contributed by atoms with Crippen molar-refractivity contribution in [2.45, 2.75) is 13.1 Å². The van der Waals surface area contributed by atoms with Crippen molar-refractivity contribution in [1.29, 1.82) is 0 Å². The van der Waals surface area contributed by atoms with Gasteiger partial charge in [-0.3, -0.25) is 9.78 Å². The number of benzene rings is 2. The predicted octanol–water partition coefficient (Wildman–Crippen LogP) is 6.95. The average molecular weight is 487 g/mol. The number of pyridine rings is 2. The molecule has 3 N–H and O–H groups in total. The summed E-state index contributed by atoms with van der Waals surface area (Å²) < 4.78 is 39.1. The number of hydrogen-bond donors (Lipinski definition) is 3. The summed E-state index contributed by atoms with van der Waals surface area (Å²) in [6, 6.07) is 17.2. The fraction of sp³-hybridized carbons (Fsp3) is 0.0741. The van der Waals surface area contributed by atoms with Crippen LogP contribution in [-0.2, 0) is 6.18 Å². The molecule has 2 aromatic carbocycles. The minimum atomic E-state index is -4.53. The maximum atomic E-state index is 13.0. The normalized spacial score (nSPS) is 11.4. The molecule has 3 aromatic heterocycles. The van der Waals surface area contributed by atoms with Crippen molar-refractivity contribution in [2.75, 3.05) is 10.6 Å². The zero-order chi connectivity index (χ0) is 25.3. The molecule has 5 aromatic rings. The minimum Gasteiger partial charge on any atom is -0.355 e. The van der Waals surface area contributed by atoms with E-state index in [2.05, 4.69) is 25.6 Å². The summed E-state index contributed by atoms with van der Waals surface area (Å²) in [5.41, 5.74) is 4.30. The zero-order valence-corrected chi connectivity index (χ0v) is 19.0. The number of carbonyl (C=O) groups is 1. The third kappa shape index (κ3) is 4.76. The molecule has 0 fully saturated rings. The second kappa shape index (κ2) is 9.18. The molecule has 0 bridgehead atoms. The summed E-state index contributed by atoms with van der Waals surface area (Å²) in [4.78, 5) is 24.6. The van der Waals surface area contributed by atoms with Crippen molar-refractivity contribution in [3.8, 4) is 11.3 Å². The Hall–Kier alpha value is -4.66. The minimum absolute atomic E-state index is 0.0786. The first-order valence-electron chi connectivity index (χ1n) is 11.0. The molecule has 9 heteroatoms. The lowest BCUT2D eigenvalue weighted by atomic mass is 10.1. The lowest BCUT2D eigenvalue weighted by molar-refractivity contribution is -0.137. The lowest BCUT2D eigenvalue weighted by Crippen LogP contribution is -2.14. The molecule has 0 aliphatic carbocycles. The third-order valence-electron chi connectivity index (χ3n) is 5.72. The average Bonchev–Trinajstić information content (AvgIpc) is 3.35. The summed E-state index contributed by atoms with van der Waals surface area (Å²) >= 11 is 0. The number of halogens is 3. The van der Waals surface area contributed by atoms with Crippen molar-refractivity contribution < 1.29 is 18.0 Å². The van der Waals surface area contributed by atoms with Gasteiger partial charge in [-0.25, -0.2) is 4.98 Å². The number of rotatable bonds is 5. The van der Waals surface area contributed by atoms with Crippen LogP contribution in [0.2, 0.25) is 0 Å². The van der Waals surface area contributed by atoms with Gasteiger partial charge in [-0.2, -0.15) is 13.2 Å². The van der Waals surface area contributed by atoms with E-state index in [4.69, 9.17) is 0 Å². The van der Waals surface area contributed by atoms with E-state index >= 15 is 0 Å². The number of anilines is 3. The molecule has 0 unspecified atom stereocenters. The Labute approximate surface area is 204 Å². The van der Waals surface area contributed by atoms with E-state index in [1.165, 1.54) is 12.1 Å². The summed E-state index contributed by atoms with van der Waals surface area (Å²) in [6.45, 7) is 1.92. The van der Waals surface area contributed by atoms with Crippen LogP contribution in [0.25, 0.3) is 22.3 Å². The first-order chi connectivity index (χ1) is 17.3. The molecule has 0 atom stereocenters. The fourth-order valence-electron chi connectivity index (χ4n) is 3.83. The van der Waals surface area contributed by atoms with Crippen LogP contribution < -0.4 is 10.6 Å². The fourth-order valence-corrected chi connectivity index (χ4v) is 3.83. The molecule has 0 aliphatic rings. The number of alkyl halides is 3. The van der Waals surface area contributed by atoms with Gasteiger partial charge < -0.3 is 15.6 Å². The number of fused-ring (bicyclic) bond motifs is 1. The number of aryl methyl sites for hydroxylation is 1. The van der Waals surface area contributed by atoms with Crippen LogP contribution in [0.15, 0.2) is 85.3 Å². The van der Waals surface area contributed by atoms with Gasteiger partial charge in [0, 0.05) is 46.5 Å². The maximum Gasteiger partial charge on any atom is 0.416 e. The van der Waals surface area contributed by atoms with E-state index in [9.17, 15) is 18.0 Å².